The first-order chi connectivity index (χ1) is 9.72. The van der Waals surface area contributed by atoms with E-state index in [1.807, 2.05) is 0 Å². The molecule has 1 rings (SSSR count). The molecule has 0 saturated carbocycles. The van der Waals surface area contributed by atoms with Crippen molar-refractivity contribution in [2.45, 2.75) is 12.1 Å². The highest BCUT2D eigenvalue weighted by molar-refractivity contribution is 9.10. The van der Waals surface area contributed by atoms with E-state index < -0.39 is 30.0 Å². The molecule has 0 aliphatic heterocycles. The molecule has 4 nitrogen and oxygen atoms in total. The molecule has 0 amide bonds. The Morgan fingerprint density at radius 1 is 1.05 bits per heavy atom. The highest BCUT2D eigenvalue weighted by atomic mass is 79.9. The Balaban J connectivity index is 3.37. The van der Waals surface area contributed by atoms with Crippen LogP contribution in [-0.4, -0.2) is 32.3 Å². The Bertz CT molecular complexity index is 497. The number of benzene rings is 1. The van der Waals surface area contributed by atoms with E-state index in [1.165, 1.54) is 24.3 Å². The topological polar surface area (TPSA) is 52.6 Å². The van der Waals surface area contributed by atoms with Gasteiger partial charge in [-0.05, 0) is 17.7 Å². The fourth-order valence-electron chi connectivity index (χ4n) is 1.86. The average molecular weight is 369 g/mol. The van der Waals surface area contributed by atoms with Gasteiger partial charge in [-0.1, -0.05) is 28.1 Å². The first-order valence-electron chi connectivity index (χ1n) is 5.70. The number of carbonyl (C=O) groups excluding carboxylic acids is 2. The molecule has 1 aromatic carbocycles. The number of hydrogen-bond acceptors (Lipinski definition) is 4. The predicted molar refractivity (Wildman–Crippen MR) is 70.5 cm³/mol. The molecule has 0 unspecified atom stereocenters. The highest BCUT2D eigenvalue weighted by Gasteiger charge is 2.52. The van der Waals surface area contributed by atoms with E-state index >= 15 is 0 Å². The molecule has 116 valence electrons. The molecular formula is C13H12BrF3O4. The van der Waals surface area contributed by atoms with Crippen molar-refractivity contribution < 1.29 is 32.2 Å². The minimum absolute atomic E-state index is 0.230. The summed E-state index contributed by atoms with van der Waals surface area (Å²) in [5, 5.41) is 0. The Hall–Kier alpha value is -1.57. The van der Waals surface area contributed by atoms with Crippen LogP contribution in [0.1, 0.15) is 11.5 Å². The normalized spacial score (nSPS) is 12.9. The Labute approximate surface area is 127 Å². The average Bonchev–Trinajstić information content (AvgIpc) is 2.43. The van der Waals surface area contributed by atoms with Crippen LogP contribution in [0.5, 0.6) is 0 Å². The van der Waals surface area contributed by atoms with Gasteiger partial charge in [0.25, 0.3) is 0 Å². The van der Waals surface area contributed by atoms with E-state index in [-0.39, 0.29) is 5.56 Å². The van der Waals surface area contributed by atoms with Crippen molar-refractivity contribution in [3.05, 3.63) is 34.3 Å². The molecule has 0 spiro atoms. The summed E-state index contributed by atoms with van der Waals surface area (Å²) >= 11 is 3.10. The number of alkyl halides is 3. The second-order valence-electron chi connectivity index (χ2n) is 4.09. The lowest BCUT2D eigenvalue weighted by atomic mass is 9.85. The van der Waals surface area contributed by atoms with Crippen LogP contribution in [0.4, 0.5) is 13.2 Å². The van der Waals surface area contributed by atoms with Crippen molar-refractivity contribution >= 4 is 27.9 Å². The SMILES string of the molecule is COC(=O)C(C(=O)OC)[C@@H](c1ccc(Br)cc1)C(F)(F)F. The first kappa shape index (κ1) is 17.5. The van der Waals surface area contributed by atoms with Gasteiger partial charge >= 0.3 is 18.1 Å². The van der Waals surface area contributed by atoms with Crippen LogP contribution in [-0.2, 0) is 19.1 Å². The van der Waals surface area contributed by atoms with E-state index in [4.69, 9.17) is 0 Å². The summed E-state index contributed by atoms with van der Waals surface area (Å²) in [6.07, 6.45) is -4.82. The van der Waals surface area contributed by atoms with E-state index in [0.717, 1.165) is 14.2 Å². The van der Waals surface area contributed by atoms with Gasteiger partial charge in [0.2, 0.25) is 0 Å². The van der Waals surface area contributed by atoms with Gasteiger partial charge in [0, 0.05) is 4.47 Å². The molecular weight excluding hydrogens is 357 g/mol. The third-order valence-corrected chi connectivity index (χ3v) is 3.35. The number of halogens is 4. The number of ether oxygens (including phenoxy) is 2. The van der Waals surface area contributed by atoms with Gasteiger partial charge in [-0.15, -0.1) is 0 Å². The van der Waals surface area contributed by atoms with Gasteiger partial charge < -0.3 is 9.47 Å². The molecule has 1 atom stereocenters. The molecule has 0 radical (unpaired) electrons. The largest absolute Gasteiger partial charge is 0.468 e. The van der Waals surface area contributed by atoms with Crippen LogP contribution in [0.15, 0.2) is 28.7 Å². The lowest BCUT2D eigenvalue weighted by Gasteiger charge is -2.26. The number of carbonyl (C=O) groups is 2. The van der Waals surface area contributed by atoms with Crippen LogP contribution >= 0.6 is 15.9 Å². The predicted octanol–water partition coefficient (Wildman–Crippen LogP) is 3.06. The standard InChI is InChI=1S/C13H12BrF3O4/c1-20-11(18)9(12(19)21-2)10(13(15,16)17)7-3-5-8(14)6-4-7/h3-6,9-10H,1-2H3/t10-/m1/s1. The number of esters is 2. The van der Waals surface area contributed by atoms with Crippen molar-refractivity contribution in [2.75, 3.05) is 14.2 Å². The minimum atomic E-state index is -4.82. The van der Waals surface area contributed by atoms with Gasteiger partial charge in [0.1, 0.15) is 5.92 Å². The van der Waals surface area contributed by atoms with Crippen LogP contribution in [0.3, 0.4) is 0 Å². The van der Waals surface area contributed by atoms with Crippen LogP contribution < -0.4 is 0 Å². The summed E-state index contributed by atoms with van der Waals surface area (Å²) in [7, 11) is 1.82. The zero-order valence-corrected chi connectivity index (χ0v) is 12.7. The Morgan fingerprint density at radius 3 is 1.81 bits per heavy atom. The monoisotopic (exact) mass is 368 g/mol. The second-order valence-corrected chi connectivity index (χ2v) is 5.01. The third kappa shape index (κ3) is 4.20. The lowest BCUT2D eigenvalue weighted by Crippen LogP contribution is -2.39. The Morgan fingerprint density at radius 2 is 1.48 bits per heavy atom. The quantitative estimate of drug-likeness (QED) is 0.605. The van der Waals surface area contributed by atoms with Crippen LogP contribution in [0.2, 0.25) is 0 Å². The lowest BCUT2D eigenvalue weighted by molar-refractivity contribution is -0.187. The first-order valence-corrected chi connectivity index (χ1v) is 6.49. The van der Waals surface area contributed by atoms with Crippen molar-refractivity contribution in [3.8, 4) is 0 Å². The number of rotatable bonds is 4. The summed E-state index contributed by atoms with van der Waals surface area (Å²) in [5.41, 5.74) is -0.230. The zero-order valence-electron chi connectivity index (χ0n) is 11.1. The fourth-order valence-corrected chi connectivity index (χ4v) is 2.13. The molecule has 0 bridgehead atoms. The van der Waals surface area contributed by atoms with Gasteiger partial charge in [-0.2, -0.15) is 13.2 Å². The van der Waals surface area contributed by atoms with Crippen molar-refractivity contribution in [2.24, 2.45) is 5.92 Å². The van der Waals surface area contributed by atoms with E-state index in [9.17, 15) is 22.8 Å². The molecule has 1 aromatic rings. The van der Waals surface area contributed by atoms with Crippen molar-refractivity contribution in [3.63, 3.8) is 0 Å². The summed E-state index contributed by atoms with van der Waals surface area (Å²) in [6, 6.07) is 5.14. The third-order valence-electron chi connectivity index (χ3n) is 2.83. The maximum absolute atomic E-state index is 13.3. The number of hydrogen-bond donors (Lipinski definition) is 0. The van der Waals surface area contributed by atoms with Crippen LogP contribution in [0.25, 0.3) is 0 Å². The van der Waals surface area contributed by atoms with Gasteiger partial charge in [-0.25, -0.2) is 0 Å². The smallest absolute Gasteiger partial charge is 0.397 e. The van der Waals surface area contributed by atoms with Crippen LogP contribution in [0, 0.1) is 5.92 Å². The van der Waals surface area contributed by atoms with Crippen molar-refractivity contribution in [1.82, 2.24) is 0 Å². The molecule has 0 fully saturated rings. The van der Waals surface area contributed by atoms with E-state index in [0.29, 0.717) is 4.47 Å². The number of methoxy groups -OCH3 is 2. The summed E-state index contributed by atoms with van der Waals surface area (Å²) < 4.78 is 49.2. The maximum atomic E-state index is 13.3. The van der Waals surface area contributed by atoms with Gasteiger partial charge in [0.15, 0.2) is 5.92 Å². The fraction of sp³-hybridized carbons (Fsp3) is 0.385. The van der Waals surface area contributed by atoms with Gasteiger partial charge in [0.05, 0.1) is 14.2 Å². The summed E-state index contributed by atoms with van der Waals surface area (Å²) in [5.74, 6) is -7.05. The molecule has 21 heavy (non-hydrogen) atoms. The summed E-state index contributed by atoms with van der Waals surface area (Å²) in [6.45, 7) is 0. The van der Waals surface area contributed by atoms with E-state index in [1.54, 1.807) is 0 Å². The minimum Gasteiger partial charge on any atom is -0.468 e. The molecule has 0 aromatic heterocycles. The molecule has 0 aliphatic carbocycles. The maximum Gasteiger partial charge on any atom is 0.397 e. The molecule has 0 N–H and O–H groups in total. The van der Waals surface area contributed by atoms with E-state index in [2.05, 4.69) is 25.4 Å². The van der Waals surface area contributed by atoms with Crippen molar-refractivity contribution in [1.29, 1.82) is 0 Å². The summed E-state index contributed by atoms with van der Waals surface area (Å²) in [4.78, 5) is 23.2. The zero-order chi connectivity index (χ0) is 16.2. The molecule has 0 heterocycles. The second kappa shape index (κ2) is 6.93. The highest BCUT2D eigenvalue weighted by Crippen LogP contribution is 2.41. The molecule has 0 aliphatic rings. The molecule has 0 saturated heterocycles. The Kier molecular flexibility index (Phi) is 5.77. The molecule has 8 heteroatoms. The van der Waals surface area contributed by atoms with Gasteiger partial charge in [-0.3, -0.25) is 9.59 Å².